The van der Waals surface area contributed by atoms with Gasteiger partial charge in [0.25, 0.3) is 0 Å². The molecule has 1 aliphatic heterocycles. The molecule has 1 aliphatic rings. The van der Waals surface area contributed by atoms with Crippen LogP contribution in [0.25, 0.3) is 0 Å². The Bertz CT molecular complexity index is 546. The Morgan fingerprint density at radius 2 is 2.18 bits per heavy atom. The molecule has 0 aliphatic carbocycles. The summed E-state index contributed by atoms with van der Waals surface area (Å²) < 4.78 is 13.5. The third-order valence-corrected chi connectivity index (χ3v) is 3.48. The molecule has 0 fully saturated rings. The predicted octanol–water partition coefficient (Wildman–Crippen LogP) is 2.50. The molecule has 5 heteroatoms. The van der Waals surface area contributed by atoms with Crippen LogP contribution >= 0.6 is 15.9 Å². The summed E-state index contributed by atoms with van der Waals surface area (Å²) in [7, 11) is 1.99. The molecule has 0 saturated heterocycles. The minimum absolute atomic E-state index is 0.314. The second-order valence-corrected chi connectivity index (χ2v) is 4.71. The fourth-order valence-corrected chi connectivity index (χ4v) is 2.38. The Morgan fingerprint density at radius 1 is 1.35 bits per heavy atom. The van der Waals surface area contributed by atoms with Crippen LogP contribution in [0.15, 0.2) is 29.1 Å². The maximum absolute atomic E-state index is 5.36. The van der Waals surface area contributed by atoms with Crippen molar-refractivity contribution in [3.05, 3.63) is 40.4 Å². The van der Waals surface area contributed by atoms with Gasteiger partial charge in [-0.15, -0.1) is 0 Å². The Balaban J connectivity index is 1.91. The van der Waals surface area contributed by atoms with E-state index in [4.69, 9.17) is 9.47 Å². The lowest BCUT2D eigenvalue weighted by molar-refractivity contribution is 0.174. The number of benzene rings is 1. The van der Waals surface area contributed by atoms with Crippen LogP contribution < -0.4 is 9.47 Å². The minimum atomic E-state index is 0.314. The minimum Gasteiger partial charge on any atom is -0.454 e. The lowest BCUT2D eigenvalue weighted by Crippen LogP contribution is -1.97. The number of halogens is 1. The molecule has 0 spiro atoms. The summed E-state index contributed by atoms with van der Waals surface area (Å²) in [6, 6.07) is 6.01. The number of hydrogen-bond donors (Lipinski definition) is 0. The zero-order chi connectivity index (χ0) is 11.8. The van der Waals surface area contributed by atoms with Gasteiger partial charge in [0.05, 0.1) is 12.0 Å². The molecule has 0 N–H and O–H groups in total. The van der Waals surface area contributed by atoms with Crippen molar-refractivity contribution >= 4 is 15.9 Å². The van der Waals surface area contributed by atoms with Gasteiger partial charge in [0.1, 0.15) is 4.60 Å². The van der Waals surface area contributed by atoms with Gasteiger partial charge >= 0.3 is 0 Å². The lowest BCUT2D eigenvalue weighted by Gasteiger charge is -2.04. The summed E-state index contributed by atoms with van der Waals surface area (Å²) in [4.78, 5) is 4.21. The number of aryl methyl sites for hydroxylation is 1. The lowest BCUT2D eigenvalue weighted by atomic mass is 10.1. The third kappa shape index (κ3) is 1.91. The zero-order valence-electron chi connectivity index (χ0n) is 9.31. The molecular weight excluding hydrogens is 284 g/mol. The van der Waals surface area contributed by atoms with Crippen molar-refractivity contribution in [3.63, 3.8) is 0 Å². The monoisotopic (exact) mass is 294 g/mol. The molecule has 2 heterocycles. The van der Waals surface area contributed by atoms with E-state index in [0.717, 1.165) is 28.2 Å². The van der Waals surface area contributed by atoms with Crippen molar-refractivity contribution in [2.75, 3.05) is 6.79 Å². The summed E-state index contributed by atoms with van der Waals surface area (Å²) in [5.74, 6) is 1.64. The standard InChI is InChI=1S/C12H11BrN2O2/c1-15-6-14-12(13)9(15)4-8-2-3-10-11(5-8)17-7-16-10/h2-3,5-6H,4,7H2,1H3. The van der Waals surface area contributed by atoms with Crippen LogP contribution in [0.2, 0.25) is 0 Å². The zero-order valence-corrected chi connectivity index (χ0v) is 10.9. The van der Waals surface area contributed by atoms with Crippen molar-refractivity contribution in [3.8, 4) is 11.5 Å². The molecule has 17 heavy (non-hydrogen) atoms. The van der Waals surface area contributed by atoms with Crippen LogP contribution in [-0.4, -0.2) is 16.3 Å². The average Bonchev–Trinajstić information content (AvgIpc) is 2.90. The SMILES string of the molecule is Cn1cnc(Br)c1Cc1ccc2c(c1)OCO2. The molecule has 1 aromatic carbocycles. The first kappa shape index (κ1) is 10.7. The molecule has 0 amide bonds. The largest absolute Gasteiger partial charge is 0.454 e. The highest BCUT2D eigenvalue weighted by Crippen LogP contribution is 2.33. The fourth-order valence-electron chi connectivity index (χ4n) is 1.87. The molecule has 3 rings (SSSR count). The number of ether oxygens (including phenoxy) is 2. The van der Waals surface area contributed by atoms with E-state index in [0.29, 0.717) is 6.79 Å². The molecule has 0 atom stereocenters. The molecule has 1 aromatic heterocycles. The Labute approximate surface area is 107 Å². The normalized spacial score (nSPS) is 13.1. The van der Waals surface area contributed by atoms with E-state index in [1.54, 1.807) is 6.33 Å². The molecule has 0 unspecified atom stereocenters. The van der Waals surface area contributed by atoms with Crippen molar-refractivity contribution < 1.29 is 9.47 Å². The van der Waals surface area contributed by atoms with E-state index in [1.807, 2.05) is 29.8 Å². The second kappa shape index (κ2) is 4.07. The summed E-state index contributed by atoms with van der Waals surface area (Å²) >= 11 is 3.45. The van der Waals surface area contributed by atoms with Crippen molar-refractivity contribution in [2.45, 2.75) is 6.42 Å². The summed E-state index contributed by atoms with van der Waals surface area (Å²) in [5, 5.41) is 0. The number of nitrogens with zero attached hydrogens (tertiary/aromatic N) is 2. The van der Waals surface area contributed by atoms with E-state index in [-0.39, 0.29) is 0 Å². The van der Waals surface area contributed by atoms with E-state index in [2.05, 4.69) is 20.9 Å². The van der Waals surface area contributed by atoms with E-state index >= 15 is 0 Å². The highest BCUT2D eigenvalue weighted by molar-refractivity contribution is 9.10. The Morgan fingerprint density at radius 3 is 2.94 bits per heavy atom. The topological polar surface area (TPSA) is 36.3 Å². The van der Waals surface area contributed by atoms with Gasteiger partial charge < -0.3 is 14.0 Å². The number of rotatable bonds is 2. The molecular formula is C12H11BrN2O2. The Hall–Kier alpha value is -1.49. The fraction of sp³-hybridized carbons (Fsp3) is 0.250. The number of imidazole rings is 1. The van der Waals surface area contributed by atoms with Gasteiger partial charge in [-0.25, -0.2) is 4.98 Å². The maximum Gasteiger partial charge on any atom is 0.231 e. The smallest absolute Gasteiger partial charge is 0.231 e. The summed E-state index contributed by atoms with van der Waals surface area (Å²) in [5.41, 5.74) is 2.32. The number of aromatic nitrogens is 2. The van der Waals surface area contributed by atoms with Gasteiger partial charge in [0.2, 0.25) is 6.79 Å². The van der Waals surface area contributed by atoms with Gasteiger partial charge in [0.15, 0.2) is 11.5 Å². The first-order chi connectivity index (χ1) is 8.24. The van der Waals surface area contributed by atoms with Crippen LogP contribution in [0.4, 0.5) is 0 Å². The molecule has 0 saturated carbocycles. The van der Waals surface area contributed by atoms with E-state index < -0.39 is 0 Å². The predicted molar refractivity (Wildman–Crippen MR) is 66.3 cm³/mol. The van der Waals surface area contributed by atoms with Gasteiger partial charge in [-0.05, 0) is 33.6 Å². The quantitative estimate of drug-likeness (QED) is 0.854. The van der Waals surface area contributed by atoms with Crippen molar-refractivity contribution in [1.82, 2.24) is 9.55 Å². The number of hydrogen-bond acceptors (Lipinski definition) is 3. The van der Waals surface area contributed by atoms with Crippen LogP contribution in [0.3, 0.4) is 0 Å². The molecule has 0 bridgehead atoms. The van der Waals surface area contributed by atoms with E-state index in [9.17, 15) is 0 Å². The first-order valence-electron chi connectivity index (χ1n) is 5.28. The molecule has 4 nitrogen and oxygen atoms in total. The van der Waals surface area contributed by atoms with Crippen LogP contribution in [0, 0.1) is 0 Å². The molecule has 88 valence electrons. The van der Waals surface area contributed by atoms with Gasteiger partial charge in [-0.1, -0.05) is 6.07 Å². The molecule has 2 aromatic rings. The average molecular weight is 295 g/mol. The Kier molecular flexibility index (Phi) is 2.55. The van der Waals surface area contributed by atoms with Gasteiger partial charge in [-0.3, -0.25) is 0 Å². The highest BCUT2D eigenvalue weighted by atomic mass is 79.9. The summed E-state index contributed by atoms with van der Waals surface area (Å²) in [6.45, 7) is 0.314. The number of fused-ring (bicyclic) bond motifs is 1. The summed E-state index contributed by atoms with van der Waals surface area (Å²) in [6.07, 6.45) is 2.61. The third-order valence-electron chi connectivity index (χ3n) is 2.82. The van der Waals surface area contributed by atoms with Gasteiger partial charge in [-0.2, -0.15) is 0 Å². The molecule has 0 radical (unpaired) electrons. The van der Waals surface area contributed by atoms with Crippen LogP contribution in [0.1, 0.15) is 11.3 Å². The van der Waals surface area contributed by atoms with Crippen LogP contribution in [-0.2, 0) is 13.5 Å². The first-order valence-corrected chi connectivity index (χ1v) is 6.07. The van der Waals surface area contributed by atoms with Gasteiger partial charge in [0, 0.05) is 13.5 Å². The highest BCUT2D eigenvalue weighted by Gasteiger charge is 2.14. The maximum atomic E-state index is 5.36. The van der Waals surface area contributed by atoms with Crippen LogP contribution in [0.5, 0.6) is 11.5 Å². The van der Waals surface area contributed by atoms with E-state index in [1.165, 1.54) is 5.56 Å². The van der Waals surface area contributed by atoms with Crippen molar-refractivity contribution in [2.24, 2.45) is 7.05 Å². The second-order valence-electron chi connectivity index (χ2n) is 3.96. The van der Waals surface area contributed by atoms with Crippen molar-refractivity contribution in [1.29, 1.82) is 0 Å².